The summed E-state index contributed by atoms with van der Waals surface area (Å²) < 4.78 is 0. The van der Waals surface area contributed by atoms with Crippen LogP contribution in [-0.2, 0) is 0 Å². The molecule has 0 aliphatic carbocycles. The fourth-order valence-electron chi connectivity index (χ4n) is 2.05. The number of nitrogens with zero attached hydrogens (tertiary/aromatic N) is 3. The van der Waals surface area contributed by atoms with Crippen molar-refractivity contribution in [3.05, 3.63) is 46.3 Å². The molecule has 9 nitrogen and oxygen atoms in total. The first-order valence-corrected chi connectivity index (χ1v) is 8.76. The van der Waals surface area contributed by atoms with Crippen molar-refractivity contribution in [1.82, 2.24) is 9.97 Å². The molecule has 0 bridgehead atoms. The van der Waals surface area contributed by atoms with Crippen molar-refractivity contribution in [1.29, 1.82) is 0 Å². The van der Waals surface area contributed by atoms with E-state index in [-0.39, 0.29) is 17.5 Å². The van der Waals surface area contributed by atoms with Gasteiger partial charge in [0.1, 0.15) is 0 Å². The molecule has 0 saturated carbocycles. The van der Waals surface area contributed by atoms with Crippen LogP contribution in [0.4, 0.5) is 23.0 Å². The highest BCUT2D eigenvalue weighted by Crippen LogP contribution is 2.30. The number of nitrogens with one attached hydrogen (secondary N) is 1. The molecule has 1 atom stereocenters. The zero-order chi connectivity index (χ0) is 18.4. The second-order valence-corrected chi connectivity index (χ2v) is 6.12. The van der Waals surface area contributed by atoms with Crippen molar-refractivity contribution in [2.24, 2.45) is 5.73 Å². The molecule has 5 N–H and O–H groups in total. The average Bonchev–Trinajstić information content (AvgIpc) is 2.59. The number of aromatic nitrogens is 2. The third-order valence-corrected chi connectivity index (χ3v) is 3.96. The molecule has 0 amide bonds. The molecule has 1 heterocycles. The number of Topliss-reactive ketones (excluding diaryl/α,β-unsaturated/α-hetero) is 1. The monoisotopic (exact) mass is 362 g/mol. The van der Waals surface area contributed by atoms with Crippen LogP contribution in [0.3, 0.4) is 0 Å². The summed E-state index contributed by atoms with van der Waals surface area (Å²) in [5.74, 6) is -0.588. The molecule has 0 aliphatic heterocycles. The maximum atomic E-state index is 12.4. The predicted molar refractivity (Wildman–Crippen MR) is 98.1 cm³/mol. The lowest BCUT2D eigenvalue weighted by molar-refractivity contribution is -0.383. The van der Waals surface area contributed by atoms with Gasteiger partial charge in [-0.25, -0.2) is 9.97 Å². The van der Waals surface area contributed by atoms with Crippen LogP contribution in [0.15, 0.2) is 30.3 Å². The summed E-state index contributed by atoms with van der Waals surface area (Å²) in [6.45, 7) is 0. The Morgan fingerprint density at radius 2 is 2.04 bits per heavy atom. The second kappa shape index (κ2) is 8.40. The quantitative estimate of drug-likeness (QED) is 0.364. The smallest absolute Gasteiger partial charge is 0.353 e. The molecule has 132 valence electrons. The van der Waals surface area contributed by atoms with Crippen LogP contribution < -0.4 is 16.8 Å². The zero-order valence-electron chi connectivity index (χ0n) is 13.5. The normalized spacial score (nSPS) is 11.8. The lowest BCUT2D eigenvalue weighted by atomic mass is 10.1. The van der Waals surface area contributed by atoms with Crippen molar-refractivity contribution in [2.75, 3.05) is 23.1 Å². The van der Waals surface area contributed by atoms with Crippen molar-refractivity contribution >= 4 is 40.6 Å². The lowest BCUT2D eigenvalue weighted by Crippen LogP contribution is -2.32. The van der Waals surface area contributed by atoms with E-state index >= 15 is 0 Å². The van der Waals surface area contributed by atoms with Crippen LogP contribution >= 0.6 is 11.8 Å². The number of thioether (sulfide) groups is 1. The van der Waals surface area contributed by atoms with E-state index in [1.807, 2.05) is 6.26 Å². The number of carbonyl (C=O) groups excluding carboxylic acids is 1. The van der Waals surface area contributed by atoms with Gasteiger partial charge in [0.2, 0.25) is 23.2 Å². The third-order valence-electron chi connectivity index (χ3n) is 3.32. The molecule has 1 aromatic carbocycles. The van der Waals surface area contributed by atoms with E-state index in [0.717, 1.165) is 0 Å². The standard InChI is InChI=1S/C15H18N6O3S/c1-25-8-7-10(16)12(22)15-19-13(17)11(21(23)24)14(20-15)18-9-5-3-2-4-6-9/h2-6,10H,7-8,16H2,1H3,(H3,17,18,19,20). The number of anilines is 3. The van der Waals surface area contributed by atoms with Crippen molar-refractivity contribution in [3.8, 4) is 0 Å². The van der Waals surface area contributed by atoms with E-state index in [4.69, 9.17) is 11.5 Å². The van der Waals surface area contributed by atoms with Crippen LogP contribution in [0.2, 0.25) is 0 Å². The van der Waals surface area contributed by atoms with Crippen LogP contribution in [0, 0.1) is 10.1 Å². The minimum absolute atomic E-state index is 0.149. The summed E-state index contributed by atoms with van der Waals surface area (Å²) in [7, 11) is 0. The largest absolute Gasteiger partial charge is 0.378 e. The molecule has 10 heteroatoms. The van der Waals surface area contributed by atoms with E-state index < -0.39 is 22.4 Å². The Morgan fingerprint density at radius 3 is 2.64 bits per heavy atom. The summed E-state index contributed by atoms with van der Waals surface area (Å²) in [5, 5.41) is 14.1. The van der Waals surface area contributed by atoms with Gasteiger partial charge in [-0.15, -0.1) is 0 Å². The van der Waals surface area contributed by atoms with Gasteiger partial charge in [0.25, 0.3) is 0 Å². The highest BCUT2D eigenvalue weighted by Gasteiger charge is 2.27. The maximum Gasteiger partial charge on any atom is 0.353 e. The van der Waals surface area contributed by atoms with Crippen molar-refractivity contribution in [3.63, 3.8) is 0 Å². The number of nitrogen functional groups attached to an aromatic ring is 1. The Bertz CT molecular complexity index is 771. The highest BCUT2D eigenvalue weighted by molar-refractivity contribution is 7.98. The van der Waals surface area contributed by atoms with E-state index in [2.05, 4.69) is 15.3 Å². The number of rotatable bonds is 8. The number of nitrogens with two attached hydrogens (primary N) is 2. The first-order valence-electron chi connectivity index (χ1n) is 7.36. The summed E-state index contributed by atoms with van der Waals surface area (Å²) in [4.78, 5) is 30.7. The number of hydrogen-bond acceptors (Lipinski definition) is 9. The van der Waals surface area contributed by atoms with Crippen molar-refractivity contribution < 1.29 is 9.72 Å². The minimum Gasteiger partial charge on any atom is -0.378 e. The molecule has 2 rings (SSSR count). The Kier molecular flexibility index (Phi) is 6.25. The number of nitro groups is 1. The van der Waals surface area contributed by atoms with Crippen LogP contribution in [0.5, 0.6) is 0 Å². The number of carbonyl (C=O) groups is 1. The zero-order valence-corrected chi connectivity index (χ0v) is 14.3. The summed E-state index contributed by atoms with van der Waals surface area (Å²) in [5.41, 5.74) is 11.6. The van der Waals surface area contributed by atoms with E-state index in [9.17, 15) is 14.9 Å². The SMILES string of the molecule is CSCCC(N)C(=O)c1nc(N)c([N+](=O)[O-])c(Nc2ccccc2)n1. The van der Waals surface area contributed by atoms with E-state index in [1.165, 1.54) is 0 Å². The van der Waals surface area contributed by atoms with Crippen LogP contribution in [-0.4, -0.2) is 38.7 Å². The van der Waals surface area contributed by atoms with Gasteiger partial charge < -0.3 is 16.8 Å². The molecule has 0 spiro atoms. The minimum atomic E-state index is -0.794. The topological polar surface area (TPSA) is 150 Å². The molecule has 0 radical (unpaired) electrons. The summed E-state index contributed by atoms with van der Waals surface area (Å²) in [6, 6.07) is 7.92. The molecule has 1 unspecified atom stereocenters. The molecule has 0 saturated heterocycles. The molecular weight excluding hydrogens is 344 g/mol. The molecular formula is C15H18N6O3S. The number of hydrogen-bond donors (Lipinski definition) is 3. The molecule has 1 aromatic heterocycles. The predicted octanol–water partition coefficient (Wildman–Crippen LogP) is 1.97. The molecule has 25 heavy (non-hydrogen) atoms. The number of benzene rings is 1. The fourth-order valence-corrected chi connectivity index (χ4v) is 2.54. The average molecular weight is 362 g/mol. The van der Waals surface area contributed by atoms with Gasteiger partial charge >= 0.3 is 5.69 Å². The van der Waals surface area contributed by atoms with Gasteiger partial charge in [0.15, 0.2) is 0 Å². The van der Waals surface area contributed by atoms with E-state index in [0.29, 0.717) is 17.9 Å². The Morgan fingerprint density at radius 1 is 1.36 bits per heavy atom. The van der Waals surface area contributed by atoms with E-state index in [1.54, 1.807) is 42.1 Å². The first kappa shape index (κ1) is 18.6. The molecule has 0 fully saturated rings. The number of ketones is 1. The van der Waals surface area contributed by atoms with Gasteiger partial charge in [-0.2, -0.15) is 11.8 Å². The number of para-hydroxylation sites is 1. The van der Waals surface area contributed by atoms with Gasteiger partial charge in [0, 0.05) is 5.69 Å². The van der Waals surface area contributed by atoms with Gasteiger partial charge in [-0.1, -0.05) is 18.2 Å². The molecule has 0 aliphatic rings. The lowest BCUT2D eigenvalue weighted by Gasteiger charge is -2.12. The third kappa shape index (κ3) is 4.64. The Labute approximate surface area is 148 Å². The fraction of sp³-hybridized carbons (Fsp3) is 0.267. The summed E-state index contributed by atoms with van der Waals surface area (Å²) in [6.07, 6.45) is 2.35. The molecule has 2 aromatic rings. The van der Waals surface area contributed by atoms with Gasteiger partial charge in [0.05, 0.1) is 11.0 Å². The summed E-state index contributed by atoms with van der Waals surface area (Å²) >= 11 is 1.56. The maximum absolute atomic E-state index is 12.4. The van der Waals surface area contributed by atoms with Crippen LogP contribution in [0.25, 0.3) is 0 Å². The first-order chi connectivity index (χ1) is 11.9. The van der Waals surface area contributed by atoms with Gasteiger partial charge in [-0.05, 0) is 30.6 Å². The van der Waals surface area contributed by atoms with Crippen LogP contribution in [0.1, 0.15) is 17.0 Å². The Hall–Kier alpha value is -2.72. The second-order valence-electron chi connectivity index (χ2n) is 5.13. The van der Waals surface area contributed by atoms with Crippen molar-refractivity contribution in [2.45, 2.75) is 12.5 Å². The highest BCUT2D eigenvalue weighted by atomic mass is 32.2. The van der Waals surface area contributed by atoms with Gasteiger partial charge in [-0.3, -0.25) is 14.9 Å². The Balaban J connectivity index is 2.40.